The molecule has 0 bridgehead atoms. The molecule has 8 aromatic rings. The Labute approximate surface area is 263 Å². The second kappa shape index (κ2) is 10.1. The maximum Gasteiger partial charge on any atom is 0.417 e. The number of alkyl halides is 3. The van der Waals surface area contributed by atoms with Crippen molar-refractivity contribution in [3.05, 3.63) is 144 Å². The largest absolute Gasteiger partial charge is 0.417 e. The molecule has 0 aliphatic rings. The lowest BCUT2D eigenvalue weighted by Crippen LogP contribution is -2.11. The first-order valence-corrected chi connectivity index (χ1v) is 15.0. The van der Waals surface area contributed by atoms with Gasteiger partial charge in [-0.05, 0) is 73.0 Å². The van der Waals surface area contributed by atoms with Gasteiger partial charge in [-0.15, -0.1) is 0 Å². The second-order valence-corrected chi connectivity index (χ2v) is 11.8. The van der Waals surface area contributed by atoms with E-state index in [1.807, 2.05) is 83.6 Å². The van der Waals surface area contributed by atoms with Crippen LogP contribution in [0, 0.1) is 25.2 Å². The molecular formula is C40H26F3N3. The van der Waals surface area contributed by atoms with E-state index in [1.165, 1.54) is 12.1 Å². The smallest absolute Gasteiger partial charge is 0.308 e. The highest BCUT2D eigenvalue weighted by atomic mass is 19.4. The van der Waals surface area contributed by atoms with Crippen molar-refractivity contribution in [3.8, 4) is 28.6 Å². The first kappa shape index (κ1) is 27.7. The lowest BCUT2D eigenvalue weighted by atomic mass is 9.94. The van der Waals surface area contributed by atoms with Gasteiger partial charge in [0, 0.05) is 27.1 Å². The number of nitriles is 1. The van der Waals surface area contributed by atoms with E-state index < -0.39 is 11.7 Å². The van der Waals surface area contributed by atoms with E-state index in [0.717, 1.165) is 60.8 Å². The molecule has 0 saturated heterocycles. The number of benzene rings is 6. The Balaban J connectivity index is 1.64. The average molecular weight is 606 g/mol. The van der Waals surface area contributed by atoms with Gasteiger partial charge in [-0.25, -0.2) is 0 Å². The summed E-state index contributed by atoms with van der Waals surface area (Å²) in [4.78, 5) is 0. The number of para-hydroxylation sites is 2. The van der Waals surface area contributed by atoms with E-state index in [1.54, 1.807) is 18.2 Å². The minimum absolute atomic E-state index is 0.0432. The van der Waals surface area contributed by atoms with E-state index in [2.05, 4.69) is 30.3 Å². The lowest BCUT2D eigenvalue weighted by Gasteiger charge is -2.23. The highest BCUT2D eigenvalue weighted by molar-refractivity contribution is 6.12. The monoisotopic (exact) mass is 605 g/mol. The van der Waals surface area contributed by atoms with E-state index >= 15 is 0 Å². The molecule has 0 aliphatic heterocycles. The molecule has 0 atom stereocenters. The van der Waals surface area contributed by atoms with Crippen LogP contribution in [0.3, 0.4) is 0 Å². The SMILES string of the molecule is Cc1ccc2c3ccccc3n(-c3cc(C#N)cc(-n4c5ccccc5c5ccc(C)cc54)c3-c3ccccc3C(F)(F)F)c2c1. The Bertz CT molecular complexity index is 2420. The van der Waals surface area contributed by atoms with Crippen LogP contribution in [0.2, 0.25) is 0 Å². The number of fused-ring (bicyclic) bond motifs is 6. The summed E-state index contributed by atoms with van der Waals surface area (Å²) in [6, 6.07) is 39.6. The first-order valence-electron chi connectivity index (χ1n) is 15.0. The number of hydrogen-bond donors (Lipinski definition) is 0. The van der Waals surface area contributed by atoms with Crippen LogP contribution < -0.4 is 0 Å². The van der Waals surface area contributed by atoms with Crippen LogP contribution in [-0.2, 0) is 6.18 Å². The Morgan fingerprint density at radius 3 is 1.50 bits per heavy atom. The van der Waals surface area contributed by atoms with Gasteiger partial charge in [0.2, 0.25) is 0 Å². The van der Waals surface area contributed by atoms with E-state index in [9.17, 15) is 18.4 Å². The fraction of sp³-hybridized carbons (Fsp3) is 0.0750. The van der Waals surface area contributed by atoms with Crippen molar-refractivity contribution in [2.45, 2.75) is 20.0 Å². The van der Waals surface area contributed by atoms with Crippen molar-refractivity contribution in [3.63, 3.8) is 0 Å². The quantitative estimate of drug-likeness (QED) is 0.197. The molecule has 222 valence electrons. The summed E-state index contributed by atoms with van der Waals surface area (Å²) in [7, 11) is 0. The number of aryl methyl sites for hydroxylation is 2. The maximum atomic E-state index is 14.9. The molecule has 2 heterocycles. The molecule has 6 aromatic carbocycles. The standard InChI is InChI=1S/C40H26F3N3/c1-24-15-17-29-27-9-4-7-13-33(27)45(35(29)19-24)37-21-26(23-44)22-38(39(37)31-11-3-6-12-32(31)40(41,42)43)46-34-14-8-5-10-28(34)30-18-16-25(2)20-36(30)46/h3-22H,1-2H3. The zero-order chi connectivity index (χ0) is 31.7. The zero-order valence-electron chi connectivity index (χ0n) is 25.0. The van der Waals surface area contributed by atoms with Gasteiger partial charge < -0.3 is 9.13 Å². The normalized spacial score (nSPS) is 12.0. The van der Waals surface area contributed by atoms with Crippen LogP contribution in [0.1, 0.15) is 22.3 Å². The Hall–Kier alpha value is -5.80. The molecule has 46 heavy (non-hydrogen) atoms. The highest BCUT2D eigenvalue weighted by Crippen LogP contribution is 2.46. The summed E-state index contributed by atoms with van der Waals surface area (Å²) in [6.45, 7) is 4.00. The molecule has 0 saturated carbocycles. The third-order valence-corrected chi connectivity index (χ3v) is 8.87. The van der Waals surface area contributed by atoms with Gasteiger partial charge >= 0.3 is 6.18 Å². The summed E-state index contributed by atoms with van der Waals surface area (Å²) >= 11 is 0. The van der Waals surface area contributed by atoms with Crippen LogP contribution in [0.4, 0.5) is 13.2 Å². The Morgan fingerprint density at radius 2 is 1.00 bits per heavy atom. The molecule has 8 rings (SSSR count). The fourth-order valence-corrected chi connectivity index (χ4v) is 6.93. The van der Waals surface area contributed by atoms with Crippen molar-refractivity contribution in [2.24, 2.45) is 0 Å². The molecule has 2 aromatic heterocycles. The van der Waals surface area contributed by atoms with Crippen molar-refractivity contribution in [1.29, 1.82) is 5.26 Å². The number of hydrogen-bond acceptors (Lipinski definition) is 1. The van der Waals surface area contributed by atoms with Gasteiger partial charge in [0.25, 0.3) is 0 Å². The summed E-state index contributed by atoms with van der Waals surface area (Å²) in [5.74, 6) is 0. The molecule has 3 nitrogen and oxygen atoms in total. The second-order valence-electron chi connectivity index (χ2n) is 11.8. The lowest BCUT2D eigenvalue weighted by molar-refractivity contribution is -0.137. The van der Waals surface area contributed by atoms with Crippen molar-refractivity contribution in [2.75, 3.05) is 0 Å². The van der Waals surface area contributed by atoms with E-state index in [-0.39, 0.29) is 5.56 Å². The average Bonchev–Trinajstić information content (AvgIpc) is 3.55. The summed E-state index contributed by atoms with van der Waals surface area (Å²) in [5, 5.41) is 14.3. The van der Waals surface area contributed by atoms with Crippen molar-refractivity contribution < 1.29 is 13.2 Å². The van der Waals surface area contributed by atoms with Gasteiger partial charge in [-0.3, -0.25) is 0 Å². The van der Waals surface area contributed by atoms with Crippen LogP contribution >= 0.6 is 0 Å². The molecule has 0 radical (unpaired) electrons. The van der Waals surface area contributed by atoms with Crippen LogP contribution in [0.25, 0.3) is 66.1 Å². The number of halogens is 3. The molecule has 0 N–H and O–H groups in total. The summed E-state index contributed by atoms with van der Waals surface area (Å²) in [5.41, 5.74) is 6.46. The van der Waals surface area contributed by atoms with E-state index in [4.69, 9.17) is 0 Å². The molecule has 0 aliphatic carbocycles. The van der Waals surface area contributed by atoms with Gasteiger partial charge in [-0.1, -0.05) is 78.9 Å². The molecule has 0 spiro atoms. The number of rotatable bonds is 3. The molecular weight excluding hydrogens is 579 g/mol. The van der Waals surface area contributed by atoms with Crippen molar-refractivity contribution >= 4 is 43.6 Å². The summed E-state index contributed by atoms with van der Waals surface area (Å²) in [6.07, 6.45) is -4.62. The Kier molecular flexibility index (Phi) is 6.10. The Morgan fingerprint density at radius 1 is 0.543 bits per heavy atom. The highest BCUT2D eigenvalue weighted by Gasteiger charge is 2.35. The summed E-state index contributed by atoms with van der Waals surface area (Å²) < 4.78 is 48.7. The molecule has 0 fully saturated rings. The maximum absolute atomic E-state index is 14.9. The van der Waals surface area contributed by atoms with Crippen molar-refractivity contribution in [1.82, 2.24) is 9.13 Å². The zero-order valence-corrected chi connectivity index (χ0v) is 25.0. The number of nitrogens with zero attached hydrogens (tertiary/aromatic N) is 3. The fourth-order valence-electron chi connectivity index (χ4n) is 6.93. The minimum atomic E-state index is -4.62. The van der Waals surface area contributed by atoms with E-state index in [0.29, 0.717) is 22.5 Å². The predicted molar refractivity (Wildman–Crippen MR) is 180 cm³/mol. The van der Waals surface area contributed by atoms with Gasteiger partial charge in [0.15, 0.2) is 0 Å². The first-order chi connectivity index (χ1) is 22.2. The van der Waals surface area contributed by atoms with Gasteiger partial charge in [0.05, 0.1) is 50.6 Å². The van der Waals surface area contributed by atoms with Crippen LogP contribution in [-0.4, -0.2) is 9.13 Å². The predicted octanol–water partition coefficient (Wildman–Crippen LogP) is 11.1. The topological polar surface area (TPSA) is 33.6 Å². The van der Waals surface area contributed by atoms with Crippen LogP contribution in [0.15, 0.2) is 121 Å². The third kappa shape index (κ3) is 4.13. The van der Waals surface area contributed by atoms with Gasteiger partial charge in [0.1, 0.15) is 0 Å². The molecule has 0 unspecified atom stereocenters. The number of aromatic nitrogens is 2. The van der Waals surface area contributed by atoms with Gasteiger partial charge in [-0.2, -0.15) is 18.4 Å². The minimum Gasteiger partial charge on any atom is -0.308 e. The molecule has 0 amide bonds. The van der Waals surface area contributed by atoms with Crippen LogP contribution in [0.5, 0.6) is 0 Å². The molecule has 6 heteroatoms. The third-order valence-electron chi connectivity index (χ3n) is 8.87.